The minimum Gasteiger partial charge on any atom is -0.369 e. The zero-order valence-electron chi connectivity index (χ0n) is 22.1. The van der Waals surface area contributed by atoms with Crippen molar-refractivity contribution in [2.45, 2.75) is 68.5 Å². The van der Waals surface area contributed by atoms with Gasteiger partial charge >= 0.3 is 6.18 Å². The van der Waals surface area contributed by atoms with Gasteiger partial charge in [0, 0.05) is 22.8 Å². The Bertz CT molecular complexity index is 1560. The van der Waals surface area contributed by atoms with Gasteiger partial charge in [-0.2, -0.15) is 13.2 Å². The predicted molar refractivity (Wildman–Crippen MR) is 144 cm³/mol. The monoisotopic (exact) mass is 594 g/mol. The van der Waals surface area contributed by atoms with E-state index >= 15 is 0 Å². The first-order valence-corrected chi connectivity index (χ1v) is 15.3. The number of aromatic nitrogens is 3. The van der Waals surface area contributed by atoms with Crippen LogP contribution in [-0.4, -0.2) is 35.6 Å². The van der Waals surface area contributed by atoms with Crippen molar-refractivity contribution in [3.05, 3.63) is 64.3 Å². The van der Waals surface area contributed by atoms with E-state index in [1.165, 1.54) is 24.3 Å². The lowest BCUT2D eigenvalue weighted by atomic mass is 9.52. The molecule has 1 amide bonds. The summed E-state index contributed by atoms with van der Waals surface area (Å²) in [6.07, 6.45) is 0.999. The first-order chi connectivity index (χ1) is 18.7. The van der Waals surface area contributed by atoms with Gasteiger partial charge in [0.15, 0.2) is 9.84 Å². The van der Waals surface area contributed by atoms with Crippen LogP contribution in [0.15, 0.2) is 47.4 Å². The summed E-state index contributed by atoms with van der Waals surface area (Å²) >= 11 is 6.43. The zero-order valence-corrected chi connectivity index (χ0v) is 23.7. The molecule has 1 heterocycles. The molecule has 3 aliphatic rings. The van der Waals surface area contributed by atoms with Gasteiger partial charge in [-0.3, -0.25) is 4.79 Å². The molecule has 2 N–H and O–H groups in total. The molecule has 7 nitrogen and oxygen atoms in total. The molecule has 3 saturated carbocycles. The van der Waals surface area contributed by atoms with Gasteiger partial charge in [0.25, 0.3) is 0 Å². The van der Waals surface area contributed by atoms with Gasteiger partial charge in [-0.15, -0.1) is 5.10 Å². The summed E-state index contributed by atoms with van der Waals surface area (Å²) in [5.74, 6) is -0.931. The molecular formula is C28H30ClF3N4O3S. The second kappa shape index (κ2) is 9.87. The van der Waals surface area contributed by atoms with E-state index in [2.05, 4.69) is 10.3 Å². The lowest BCUT2D eigenvalue weighted by Gasteiger charge is -2.55. The summed E-state index contributed by atoms with van der Waals surface area (Å²) in [7, 11) is -3.43. The first kappa shape index (κ1) is 28.6. The summed E-state index contributed by atoms with van der Waals surface area (Å²) in [6, 6.07) is 9.90. The van der Waals surface area contributed by atoms with Crippen molar-refractivity contribution in [2.75, 3.05) is 6.26 Å². The highest BCUT2D eigenvalue weighted by Crippen LogP contribution is 2.59. The predicted octanol–water partition coefficient (Wildman–Crippen LogP) is 5.72. The first-order valence-electron chi connectivity index (χ1n) is 13.0. The van der Waals surface area contributed by atoms with Crippen LogP contribution in [0.25, 0.3) is 11.3 Å². The maximum atomic E-state index is 13.7. The summed E-state index contributed by atoms with van der Waals surface area (Å²) in [5.41, 5.74) is 5.88. The fraction of sp³-hybridized carbons (Fsp3) is 0.464. The number of carbonyl (C=O) groups excluding carboxylic acids is 1. The van der Waals surface area contributed by atoms with Crippen LogP contribution in [0.2, 0.25) is 5.02 Å². The van der Waals surface area contributed by atoms with Gasteiger partial charge in [-0.25, -0.2) is 13.1 Å². The molecule has 1 atom stereocenters. The van der Waals surface area contributed by atoms with Crippen molar-refractivity contribution in [1.82, 2.24) is 15.0 Å². The van der Waals surface area contributed by atoms with Crippen LogP contribution >= 0.6 is 11.6 Å². The lowest BCUT2D eigenvalue weighted by Crippen LogP contribution is -2.53. The van der Waals surface area contributed by atoms with Crippen molar-refractivity contribution in [3.8, 4) is 11.3 Å². The summed E-state index contributed by atoms with van der Waals surface area (Å²) < 4.78 is 66.6. The second-order valence-electron chi connectivity index (χ2n) is 11.2. The van der Waals surface area contributed by atoms with Crippen molar-refractivity contribution < 1.29 is 26.4 Å². The highest BCUT2D eigenvalue weighted by molar-refractivity contribution is 7.90. The fourth-order valence-corrected chi connectivity index (χ4v) is 7.73. The number of carbonyl (C=O) groups is 1. The molecule has 12 heteroatoms. The van der Waals surface area contributed by atoms with Gasteiger partial charge in [0.1, 0.15) is 5.69 Å². The number of sulfone groups is 1. The molecule has 1 unspecified atom stereocenters. The highest BCUT2D eigenvalue weighted by Gasteiger charge is 2.55. The van der Waals surface area contributed by atoms with Crippen molar-refractivity contribution in [1.29, 1.82) is 0 Å². The van der Waals surface area contributed by atoms with Gasteiger partial charge in [0.2, 0.25) is 5.91 Å². The number of nitrogens with two attached hydrogens (primary N) is 1. The number of nitrogens with zero attached hydrogens (tertiary/aromatic N) is 3. The zero-order chi connectivity index (χ0) is 29.1. The van der Waals surface area contributed by atoms with E-state index in [-0.39, 0.29) is 26.6 Å². The number of hydrogen-bond donors (Lipinski definition) is 1. The quantitative estimate of drug-likeness (QED) is 0.376. The number of amides is 1. The standard InChI is InChI=1S/C28H30ClF3N4O3S/c1-17-24(20-5-3-4-6-21(20)28(30,31)32)34-35-36(17)27-12-9-26(10-13-27,11-14-27)22(25(33)37)15-18-7-8-19(16-23(18)29)40(2,38)39/h3-8,16,22H,9-15H2,1-2H3,(H2,33,37). The number of fused-ring (bicyclic) bond motifs is 3. The van der Waals surface area contributed by atoms with Crippen LogP contribution in [0, 0.1) is 18.3 Å². The van der Waals surface area contributed by atoms with Crippen molar-refractivity contribution in [2.24, 2.45) is 17.1 Å². The van der Waals surface area contributed by atoms with Gasteiger partial charge in [-0.05, 0) is 81.0 Å². The van der Waals surface area contributed by atoms with Gasteiger partial charge in [0.05, 0.1) is 21.7 Å². The van der Waals surface area contributed by atoms with Crippen LogP contribution in [-0.2, 0) is 32.8 Å². The molecule has 2 aromatic carbocycles. The molecule has 3 fully saturated rings. The van der Waals surface area contributed by atoms with E-state index in [1.54, 1.807) is 23.7 Å². The van der Waals surface area contributed by atoms with Gasteiger partial charge in [-0.1, -0.05) is 41.1 Å². The number of alkyl halides is 3. The molecule has 2 bridgehead atoms. The summed E-state index contributed by atoms with van der Waals surface area (Å²) in [5, 5.41) is 8.83. The Balaban J connectivity index is 1.40. The third kappa shape index (κ3) is 4.91. The Hall–Kier alpha value is -2.92. The van der Waals surface area contributed by atoms with E-state index in [4.69, 9.17) is 17.3 Å². The smallest absolute Gasteiger partial charge is 0.369 e. The van der Waals surface area contributed by atoms with E-state index in [0.29, 0.717) is 56.2 Å². The maximum Gasteiger partial charge on any atom is 0.417 e. The average molecular weight is 595 g/mol. The molecule has 3 aromatic rings. The summed E-state index contributed by atoms with van der Waals surface area (Å²) in [6.45, 7) is 1.75. The molecule has 3 aliphatic carbocycles. The maximum absolute atomic E-state index is 13.7. The van der Waals surface area contributed by atoms with E-state index in [0.717, 1.165) is 12.3 Å². The summed E-state index contributed by atoms with van der Waals surface area (Å²) in [4.78, 5) is 12.9. The number of benzene rings is 2. The van der Waals surface area contributed by atoms with E-state index < -0.39 is 38.9 Å². The number of rotatable bonds is 7. The van der Waals surface area contributed by atoms with Crippen LogP contribution in [0.5, 0.6) is 0 Å². The Labute approximate surface area is 235 Å². The third-order valence-electron chi connectivity index (χ3n) is 9.06. The second-order valence-corrected chi connectivity index (χ2v) is 13.7. The van der Waals surface area contributed by atoms with Crippen LogP contribution in [0.1, 0.15) is 55.3 Å². The Morgan fingerprint density at radius 2 is 1.73 bits per heavy atom. The molecule has 0 saturated heterocycles. The topological polar surface area (TPSA) is 108 Å². The normalized spacial score (nSPS) is 23.8. The third-order valence-corrected chi connectivity index (χ3v) is 10.5. The molecule has 0 spiro atoms. The Morgan fingerprint density at radius 3 is 2.27 bits per heavy atom. The van der Waals surface area contributed by atoms with E-state index in [9.17, 15) is 26.4 Å². The van der Waals surface area contributed by atoms with Crippen LogP contribution in [0.4, 0.5) is 13.2 Å². The van der Waals surface area contributed by atoms with Crippen LogP contribution < -0.4 is 5.73 Å². The molecule has 6 rings (SSSR count). The molecule has 1 aromatic heterocycles. The average Bonchev–Trinajstić information content (AvgIpc) is 3.29. The van der Waals surface area contributed by atoms with Gasteiger partial charge < -0.3 is 5.73 Å². The molecule has 214 valence electrons. The highest BCUT2D eigenvalue weighted by atomic mass is 35.5. The number of halogens is 4. The van der Waals surface area contributed by atoms with Crippen molar-refractivity contribution in [3.63, 3.8) is 0 Å². The molecule has 0 aliphatic heterocycles. The number of primary amides is 1. The van der Waals surface area contributed by atoms with Crippen molar-refractivity contribution >= 4 is 27.3 Å². The number of hydrogen-bond acceptors (Lipinski definition) is 5. The lowest BCUT2D eigenvalue weighted by molar-refractivity contribution is -0.137. The minimum absolute atomic E-state index is 0.00341. The minimum atomic E-state index is -4.52. The molecule has 0 radical (unpaired) electrons. The van der Waals surface area contributed by atoms with E-state index in [1.807, 2.05) is 0 Å². The van der Waals surface area contributed by atoms with Crippen LogP contribution in [0.3, 0.4) is 0 Å². The largest absolute Gasteiger partial charge is 0.417 e. The Kier molecular flexibility index (Phi) is 7.06. The SMILES string of the molecule is Cc1c(-c2ccccc2C(F)(F)F)nnn1C12CCC(C(Cc3ccc(S(C)(=O)=O)cc3Cl)C(N)=O)(CC1)CC2. The molecular weight excluding hydrogens is 565 g/mol. The molecule has 40 heavy (non-hydrogen) atoms. The Morgan fingerprint density at radius 1 is 1.10 bits per heavy atom. The fourth-order valence-electron chi connectivity index (χ4n) is 6.76.